The van der Waals surface area contributed by atoms with Gasteiger partial charge in [-0.05, 0) is 12.8 Å². The molecular weight excluding hydrogens is 226 g/mol. The lowest BCUT2D eigenvalue weighted by atomic mass is 10.1. The molecule has 1 rings (SSSR count). The third kappa shape index (κ3) is 3.86. The van der Waals surface area contributed by atoms with Gasteiger partial charge in [0.15, 0.2) is 0 Å². The Hall–Kier alpha value is -1.32. The van der Waals surface area contributed by atoms with Crippen molar-refractivity contribution in [2.45, 2.75) is 47.0 Å². The van der Waals surface area contributed by atoms with Crippen LogP contribution in [-0.4, -0.2) is 23.1 Å². The van der Waals surface area contributed by atoms with Crippen molar-refractivity contribution in [3.8, 4) is 0 Å². The maximum atomic E-state index is 11.7. The molecule has 0 spiro atoms. The van der Waals surface area contributed by atoms with Crippen LogP contribution < -0.4 is 10.5 Å². The molecule has 1 unspecified atom stereocenters. The number of nitrogens with one attached hydrogen (secondary N) is 1. The number of nitrogens with zero attached hydrogens (tertiary/aromatic N) is 2. The molecule has 4 heteroatoms. The maximum absolute atomic E-state index is 11.7. The van der Waals surface area contributed by atoms with Crippen LogP contribution in [0.3, 0.4) is 0 Å². The van der Waals surface area contributed by atoms with E-state index >= 15 is 0 Å². The molecule has 0 saturated heterocycles. The fraction of sp³-hybridized carbons (Fsp3) is 0.714. The molecule has 1 N–H and O–H groups in total. The molecular formula is C14H25N3O. The molecule has 0 saturated carbocycles. The zero-order valence-electron chi connectivity index (χ0n) is 12.2. The van der Waals surface area contributed by atoms with E-state index in [1.807, 2.05) is 13.8 Å². The van der Waals surface area contributed by atoms with Crippen LogP contribution in [0.2, 0.25) is 0 Å². The molecule has 1 atom stereocenters. The van der Waals surface area contributed by atoms with E-state index in [1.54, 1.807) is 6.07 Å². The Balaban J connectivity index is 3.02. The number of hydrogen-bond donors (Lipinski definition) is 1. The highest BCUT2D eigenvalue weighted by atomic mass is 16.1. The van der Waals surface area contributed by atoms with E-state index in [0.29, 0.717) is 5.92 Å². The van der Waals surface area contributed by atoms with Gasteiger partial charge in [0.2, 0.25) is 0 Å². The van der Waals surface area contributed by atoms with Crippen LogP contribution in [0.1, 0.15) is 52.8 Å². The Morgan fingerprint density at radius 2 is 2.00 bits per heavy atom. The van der Waals surface area contributed by atoms with Gasteiger partial charge in [-0.3, -0.25) is 4.79 Å². The van der Waals surface area contributed by atoms with Crippen LogP contribution >= 0.6 is 0 Å². The SMILES string of the molecule is CCC(C)CN(CC)c1cc(=O)[nH]c(C(C)C)n1. The normalized spacial score (nSPS) is 12.8. The molecule has 0 bridgehead atoms. The minimum atomic E-state index is -0.0636. The molecule has 0 aliphatic carbocycles. The average Bonchev–Trinajstić information content (AvgIpc) is 2.34. The molecule has 0 aliphatic heterocycles. The van der Waals surface area contributed by atoms with Crippen molar-refractivity contribution in [2.24, 2.45) is 5.92 Å². The van der Waals surface area contributed by atoms with Gasteiger partial charge in [-0.2, -0.15) is 0 Å². The Labute approximate surface area is 109 Å². The van der Waals surface area contributed by atoms with Crippen LogP contribution in [0, 0.1) is 5.92 Å². The third-order valence-electron chi connectivity index (χ3n) is 3.23. The van der Waals surface area contributed by atoms with Crippen molar-refractivity contribution >= 4 is 5.82 Å². The summed E-state index contributed by atoms with van der Waals surface area (Å²) in [4.78, 5) is 21.2. The highest BCUT2D eigenvalue weighted by Crippen LogP contribution is 2.15. The van der Waals surface area contributed by atoms with Crippen LogP contribution in [0.4, 0.5) is 5.82 Å². The Kier molecular flexibility index (Phi) is 5.38. The lowest BCUT2D eigenvalue weighted by Crippen LogP contribution is -2.30. The summed E-state index contributed by atoms with van der Waals surface area (Å²) in [5.41, 5.74) is -0.0636. The Morgan fingerprint density at radius 3 is 2.50 bits per heavy atom. The van der Waals surface area contributed by atoms with E-state index < -0.39 is 0 Å². The van der Waals surface area contributed by atoms with Gasteiger partial charge in [-0.1, -0.05) is 34.1 Å². The summed E-state index contributed by atoms with van der Waals surface area (Å²) in [7, 11) is 0. The van der Waals surface area contributed by atoms with E-state index in [-0.39, 0.29) is 11.5 Å². The van der Waals surface area contributed by atoms with Crippen LogP contribution in [0.25, 0.3) is 0 Å². The Bertz CT molecular complexity index is 425. The highest BCUT2D eigenvalue weighted by Gasteiger charge is 2.12. The van der Waals surface area contributed by atoms with E-state index in [2.05, 4.69) is 35.6 Å². The fourth-order valence-electron chi connectivity index (χ4n) is 1.79. The van der Waals surface area contributed by atoms with Crippen molar-refractivity contribution in [1.29, 1.82) is 0 Å². The summed E-state index contributed by atoms with van der Waals surface area (Å²) < 4.78 is 0. The smallest absolute Gasteiger partial charge is 0.252 e. The summed E-state index contributed by atoms with van der Waals surface area (Å²) in [5.74, 6) is 2.40. The molecule has 0 radical (unpaired) electrons. The summed E-state index contributed by atoms with van der Waals surface area (Å²) >= 11 is 0. The van der Waals surface area contributed by atoms with Gasteiger partial charge >= 0.3 is 0 Å². The predicted octanol–water partition coefficient (Wildman–Crippen LogP) is 2.77. The average molecular weight is 251 g/mol. The van der Waals surface area contributed by atoms with Crippen LogP contribution in [-0.2, 0) is 0 Å². The lowest BCUT2D eigenvalue weighted by molar-refractivity contribution is 0.544. The summed E-state index contributed by atoms with van der Waals surface area (Å²) in [6.45, 7) is 12.4. The Morgan fingerprint density at radius 1 is 1.33 bits per heavy atom. The quantitative estimate of drug-likeness (QED) is 0.845. The molecule has 18 heavy (non-hydrogen) atoms. The van der Waals surface area contributed by atoms with E-state index in [4.69, 9.17) is 0 Å². The second kappa shape index (κ2) is 6.57. The number of rotatable bonds is 6. The van der Waals surface area contributed by atoms with E-state index in [0.717, 1.165) is 31.2 Å². The molecule has 1 aromatic rings. The number of aromatic amines is 1. The first-order valence-electron chi connectivity index (χ1n) is 6.84. The molecule has 102 valence electrons. The van der Waals surface area contributed by atoms with E-state index in [9.17, 15) is 4.79 Å². The third-order valence-corrected chi connectivity index (χ3v) is 3.23. The second-order valence-electron chi connectivity index (χ2n) is 5.20. The molecule has 1 aromatic heterocycles. The van der Waals surface area contributed by atoms with Crippen molar-refractivity contribution in [2.75, 3.05) is 18.0 Å². The van der Waals surface area contributed by atoms with Crippen LogP contribution in [0.5, 0.6) is 0 Å². The first-order chi connectivity index (χ1) is 8.47. The largest absolute Gasteiger partial charge is 0.356 e. The van der Waals surface area contributed by atoms with Gasteiger partial charge in [0.05, 0.1) is 0 Å². The molecule has 0 fully saturated rings. The van der Waals surface area contributed by atoms with Gasteiger partial charge in [0, 0.05) is 25.1 Å². The molecule has 4 nitrogen and oxygen atoms in total. The highest BCUT2D eigenvalue weighted by molar-refractivity contribution is 5.37. The summed E-state index contributed by atoms with van der Waals surface area (Å²) in [6, 6.07) is 1.60. The van der Waals surface area contributed by atoms with Crippen molar-refractivity contribution < 1.29 is 0 Å². The zero-order chi connectivity index (χ0) is 13.7. The molecule has 0 aromatic carbocycles. The number of aromatic nitrogens is 2. The van der Waals surface area contributed by atoms with Gasteiger partial charge in [0.25, 0.3) is 5.56 Å². The summed E-state index contributed by atoms with van der Waals surface area (Å²) in [5, 5.41) is 0. The summed E-state index contributed by atoms with van der Waals surface area (Å²) in [6.07, 6.45) is 1.14. The van der Waals surface area contributed by atoms with E-state index in [1.165, 1.54) is 0 Å². The second-order valence-corrected chi connectivity index (χ2v) is 5.20. The molecule has 0 amide bonds. The first kappa shape index (κ1) is 14.7. The molecule has 0 aliphatic rings. The van der Waals surface area contributed by atoms with Crippen molar-refractivity contribution in [3.63, 3.8) is 0 Å². The fourth-order valence-corrected chi connectivity index (χ4v) is 1.79. The monoisotopic (exact) mass is 251 g/mol. The maximum Gasteiger partial charge on any atom is 0.252 e. The first-order valence-corrected chi connectivity index (χ1v) is 6.84. The minimum absolute atomic E-state index is 0.0636. The number of anilines is 1. The molecule has 1 heterocycles. The van der Waals surface area contributed by atoms with Gasteiger partial charge < -0.3 is 9.88 Å². The van der Waals surface area contributed by atoms with Gasteiger partial charge in [0.1, 0.15) is 11.6 Å². The van der Waals surface area contributed by atoms with Crippen molar-refractivity contribution in [3.05, 3.63) is 22.2 Å². The topological polar surface area (TPSA) is 49.0 Å². The van der Waals surface area contributed by atoms with Crippen molar-refractivity contribution in [1.82, 2.24) is 9.97 Å². The number of H-pyrrole nitrogens is 1. The predicted molar refractivity (Wildman–Crippen MR) is 76.3 cm³/mol. The zero-order valence-corrected chi connectivity index (χ0v) is 12.2. The van der Waals surface area contributed by atoms with Gasteiger partial charge in [-0.25, -0.2) is 4.98 Å². The number of hydrogen-bond acceptors (Lipinski definition) is 3. The lowest BCUT2D eigenvalue weighted by Gasteiger charge is -2.25. The minimum Gasteiger partial charge on any atom is -0.356 e. The standard InChI is InChI=1S/C14H25N3O/c1-6-11(5)9-17(7-2)12-8-13(18)16-14(15-12)10(3)4/h8,10-11H,6-7,9H2,1-5H3,(H,15,16,18). The van der Waals surface area contributed by atoms with Gasteiger partial charge in [-0.15, -0.1) is 0 Å². The van der Waals surface area contributed by atoms with Crippen LogP contribution in [0.15, 0.2) is 10.9 Å².